The maximum absolute atomic E-state index is 12.3. The van der Waals surface area contributed by atoms with E-state index in [0.29, 0.717) is 5.92 Å². The van der Waals surface area contributed by atoms with Crippen LogP contribution in [0.3, 0.4) is 0 Å². The summed E-state index contributed by atoms with van der Waals surface area (Å²) in [7, 11) is 0. The molecule has 1 fully saturated rings. The van der Waals surface area contributed by atoms with Crippen molar-refractivity contribution < 1.29 is 13.2 Å². The van der Waals surface area contributed by atoms with Crippen LogP contribution in [0.2, 0.25) is 0 Å². The molecule has 2 rings (SSSR count). The van der Waals surface area contributed by atoms with Crippen LogP contribution in [-0.4, -0.2) is 12.7 Å². The SMILES string of the molecule is FC(F)(F)CCNC(c1ccccc1)C1CCCCC1. The fraction of sp³-hybridized carbons (Fsp3) is 0.625. The van der Waals surface area contributed by atoms with Crippen LogP contribution in [0, 0.1) is 5.92 Å². The lowest BCUT2D eigenvalue weighted by Crippen LogP contribution is -2.32. The molecule has 1 nitrogen and oxygen atoms in total. The first-order chi connectivity index (χ1) is 9.56. The van der Waals surface area contributed by atoms with E-state index >= 15 is 0 Å². The van der Waals surface area contributed by atoms with Gasteiger partial charge in [0.1, 0.15) is 0 Å². The van der Waals surface area contributed by atoms with Gasteiger partial charge in [0.15, 0.2) is 0 Å². The fourth-order valence-electron chi connectivity index (χ4n) is 3.05. The summed E-state index contributed by atoms with van der Waals surface area (Å²) >= 11 is 0. The van der Waals surface area contributed by atoms with E-state index in [1.807, 2.05) is 30.3 Å². The third-order valence-electron chi connectivity index (χ3n) is 4.05. The van der Waals surface area contributed by atoms with Gasteiger partial charge in [-0.1, -0.05) is 49.6 Å². The van der Waals surface area contributed by atoms with Crippen molar-refractivity contribution in [2.75, 3.05) is 6.54 Å². The van der Waals surface area contributed by atoms with Crippen molar-refractivity contribution >= 4 is 0 Å². The minimum Gasteiger partial charge on any atom is -0.309 e. The zero-order valence-electron chi connectivity index (χ0n) is 11.6. The Morgan fingerprint density at radius 3 is 2.30 bits per heavy atom. The van der Waals surface area contributed by atoms with Crippen LogP contribution in [0.5, 0.6) is 0 Å². The van der Waals surface area contributed by atoms with Crippen LogP contribution in [-0.2, 0) is 0 Å². The molecular formula is C16H22F3N. The second-order valence-corrected chi connectivity index (χ2v) is 5.61. The number of nitrogens with one attached hydrogen (secondary N) is 1. The molecule has 4 heteroatoms. The van der Waals surface area contributed by atoms with Crippen LogP contribution in [0.1, 0.15) is 50.1 Å². The average molecular weight is 285 g/mol. The zero-order chi connectivity index (χ0) is 14.4. The van der Waals surface area contributed by atoms with Crippen molar-refractivity contribution in [1.82, 2.24) is 5.32 Å². The van der Waals surface area contributed by atoms with Gasteiger partial charge in [-0.2, -0.15) is 13.2 Å². The highest BCUT2D eigenvalue weighted by atomic mass is 19.4. The number of hydrogen-bond acceptors (Lipinski definition) is 1. The van der Waals surface area contributed by atoms with Crippen molar-refractivity contribution in [2.24, 2.45) is 5.92 Å². The minimum absolute atomic E-state index is 0.000436. The lowest BCUT2D eigenvalue weighted by molar-refractivity contribution is -0.133. The van der Waals surface area contributed by atoms with Crippen LogP contribution in [0.15, 0.2) is 30.3 Å². The van der Waals surface area contributed by atoms with Crippen molar-refractivity contribution in [3.8, 4) is 0 Å². The van der Waals surface area contributed by atoms with Crippen LogP contribution in [0.25, 0.3) is 0 Å². The van der Waals surface area contributed by atoms with Crippen LogP contribution in [0.4, 0.5) is 13.2 Å². The topological polar surface area (TPSA) is 12.0 Å². The number of alkyl halides is 3. The lowest BCUT2D eigenvalue weighted by atomic mass is 9.81. The first kappa shape index (κ1) is 15.4. The van der Waals surface area contributed by atoms with E-state index in [0.717, 1.165) is 18.4 Å². The Balaban J connectivity index is 2.00. The summed E-state index contributed by atoms with van der Waals surface area (Å²) in [5.41, 5.74) is 1.11. The highest BCUT2D eigenvalue weighted by molar-refractivity contribution is 5.19. The Bertz CT molecular complexity index is 382. The molecule has 1 aliphatic rings. The number of rotatable bonds is 5. The second kappa shape index (κ2) is 7.11. The molecule has 0 bridgehead atoms. The van der Waals surface area contributed by atoms with E-state index in [1.54, 1.807) is 0 Å². The van der Waals surface area contributed by atoms with Gasteiger partial charge in [-0.25, -0.2) is 0 Å². The Morgan fingerprint density at radius 2 is 1.70 bits per heavy atom. The second-order valence-electron chi connectivity index (χ2n) is 5.61. The maximum atomic E-state index is 12.3. The molecule has 0 amide bonds. The summed E-state index contributed by atoms with van der Waals surface area (Å²) in [6.45, 7) is -0.000436. The smallest absolute Gasteiger partial charge is 0.309 e. The standard InChI is InChI=1S/C16H22F3N/c17-16(18,19)11-12-20-15(13-7-3-1-4-8-13)14-9-5-2-6-10-14/h1,3-4,7-8,14-15,20H,2,5-6,9-12H2. The molecule has 0 radical (unpaired) electrons. The number of benzene rings is 1. The summed E-state index contributed by atoms with van der Waals surface area (Å²) in [4.78, 5) is 0. The molecule has 1 aromatic carbocycles. The number of halogens is 3. The van der Waals surface area contributed by atoms with Crippen molar-refractivity contribution in [3.05, 3.63) is 35.9 Å². The van der Waals surface area contributed by atoms with E-state index in [-0.39, 0.29) is 12.6 Å². The van der Waals surface area contributed by atoms with E-state index in [9.17, 15) is 13.2 Å². The molecule has 1 aromatic rings. The molecule has 112 valence electrons. The maximum Gasteiger partial charge on any atom is 0.390 e. The van der Waals surface area contributed by atoms with Gasteiger partial charge in [-0.15, -0.1) is 0 Å². The number of hydrogen-bond donors (Lipinski definition) is 1. The molecule has 0 saturated heterocycles. The van der Waals surface area contributed by atoms with E-state index in [2.05, 4.69) is 5.32 Å². The third kappa shape index (κ3) is 4.82. The van der Waals surface area contributed by atoms with Crippen LogP contribution < -0.4 is 5.32 Å². The molecule has 1 atom stereocenters. The molecule has 1 saturated carbocycles. The van der Waals surface area contributed by atoms with Gasteiger partial charge in [0.2, 0.25) is 0 Å². The van der Waals surface area contributed by atoms with E-state index in [1.165, 1.54) is 19.3 Å². The highest BCUT2D eigenvalue weighted by Gasteiger charge is 2.29. The summed E-state index contributed by atoms with van der Waals surface area (Å²) in [5.74, 6) is 0.458. The highest BCUT2D eigenvalue weighted by Crippen LogP contribution is 2.34. The van der Waals surface area contributed by atoms with Crippen molar-refractivity contribution in [3.63, 3.8) is 0 Å². The molecule has 1 aliphatic carbocycles. The summed E-state index contributed by atoms with van der Waals surface area (Å²) in [6, 6.07) is 9.93. The fourth-order valence-corrected chi connectivity index (χ4v) is 3.05. The Morgan fingerprint density at radius 1 is 1.05 bits per heavy atom. The molecule has 0 aliphatic heterocycles. The monoisotopic (exact) mass is 285 g/mol. The van der Waals surface area contributed by atoms with Gasteiger partial charge in [0, 0.05) is 12.6 Å². The van der Waals surface area contributed by atoms with E-state index in [4.69, 9.17) is 0 Å². The summed E-state index contributed by atoms with van der Waals surface area (Å²) in [5, 5.41) is 3.14. The van der Waals surface area contributed by atoms with E-state index < -0.39 is 12.6 Å². The predicted octanol–water partition coefficient (Wildman–Crippen LogP) is 4.85. The van der Waals surface area contributed by atoms with Gasteiger partial charge in [0.05, 0.1) is 6.42 Å². The molecular weight excluding hydrogens is 263 g/mol. The normalized spacial score (nSPS) is 18.9. The predicted molar refractivity (Wildman–Crippen MR) is 74.4 cm³/mol. The summed E-state index contributed by atoms with van der Waals surface area (Å²) in [6.07, 6.45) is 1.01. The Labute approximate surface area is 118 Å². The molecule has 1 unspecified atom stereocenters. The first-order valence-electron chi connectivity index (χ1n) is 7.41. The van der Waals surface area contributed by atoms with Gasteiger partial charge in [0.25, 0.3) is 0 Å². The van der Waals surface area contributed by atoms with Gasteiger partial charge >= 0.3 is 6.18 Å². The van der Waals surface area contributed by atoms with Gasteiger partial charge in [-0.05, 0) is 24.3 Å². The first-order valence-corrected chi connectivity index (χ1v) is 7.41. The quantitative estimate of drug-likeness (QED) is 0.815. The third-order valence-corrected chi connectivity index (χ3v) is 4.05. The average Bonchev–Trinajstić information content (AvgIpc) is 2.44. The van der Waals surface area contributed by atoms with Crippen LogP contribution >= 0.6 is 0 Å². The molecule has 20 heavy (non-hydrogen) atoms. The molecule has 0 heterocycles. The largest absolute Gasteiger partial charge is 0.390 e. The summed E-state index contributed by atoms with van der Waals surface area (Å²) < 4.78 is 36.9. The molecule has 1 N–H and O–H groups in total. The lowest BCUT2D eigenvalue weighted by Gasteiger charge is -2.31. The van der Waals surface area contributed by atoms with Gasteiger partial charge < -0.3 is 5.32 Å². The van der Waals surface area contributed by atoms with Gasteiger partial charge in [-0.3, -0.25) is 0 Å². The Kier molecular flexibility index (Phi) is 5.46. The molecule has 0 aromatic heterocycles. The van der Waals surface area contributed by atoms with Crippen molar-refractivity contribution in [2.45, 2.75) is 50.7 Å². The van der Waals surface area contributed by atoms with Crippen molar-refractivity contribution in [1.29, 1.82) is 0 Å². The zero-order valence-corrected chi connectivity index (χ0v) is 11.6. The molecule has 0 spiro atoms. The minimum atomic E-state index is -4.08. The Hall–Kier alpha value is -1.03.